The van der Waals surface area contributed by atoms with Gasteiger partial charge in [0.15, 0.2) is 6.61 Å². The zero-order chi connectivity index (χ0) is 21.6. The Kier molecular flexibility index (Phi) is 6.89. The molecule has 0 N–H and O–H groups in total. The number of nitrogens with zero attached hydrogens (tertiary/aromatic N) is 3. The molecule has 160 valence electrons. The molecule has 0 unspecified atom stereocenters. The molecule has 0 fully saturated rings. The molecule has 4 aromatic rings. The monoisotopic (exact) mass is 453 g/mol. The van der Waals surface area contributed by atoms with Crippen LogP contribution in [0, 0.1) is 13.8 Å². The van der Waals surface area contributed by atoms with Crippen LogP contribution in [-0.2, 0) is 12.4 Å². The van der Waals surface area contributed by atoms with Crippen molar-refractivity contribution < 1.29 is 13.9 Å². The lowest BCUT2D eigenvalue weighted by atomic mass is 10.1. The van der Waals surface area contributed by atoms with E-state index in [0.29, 0.717) is 23.5 Å². The van der Waals surface area contributed by atoms with Crippen molar-refractivity contribution in [3.63, 3.8) is 0 Å². The molecule has 0 saturated carbocycles. The molecule has 8 heteroatoms. The molecule has 4 rings (SSSR count). The normalized spacial score (nSPS) is 10.9. The van der Waals surface area contributed by atoms with Crippen molar-refractivity contribution in [2.45, 2.75) is 38.4 Å². The zero-order valence-corrected chi connectivity index (χ0v) is 19.3. The van der Waals surface area contributed by atoms with Crippen LogP contribution in [0.15, 0.2) is 57.5 Å². The fourth-order valence-electron chi connectivity index (χ4n) is 2.86. The molecule has 0 atom stereocenters. The van der Waals surface area contributed by atoms with E-state index >= 15 is 0 Å². The Balaban J connectivity index is 1.31. The second-order valence-electron chi connectivity index (χ2n) is 6.91. The summed E-state index contributed by atoms with van der Waals surface area (Å²) in [5.74, 6) is 2.81. The lowest BCUT2D eigenvalue weighted by Crippen LogP contribution is -1.97. The summed E-state index contributed by atoms with van der Waals surface area (Å²) in [5.41, 5.74) is 4.28. The number of thioether (sulfide) groups is 1. The van der Waals surface area contributed by atoms with Gasteiger partial charge in [0.05, 0.1) is 12.3 Å². The lowest BCUT2D eigenvalue weighted by molar-refractivity contribution is 0.250. The molecule has 2 aromatic heterocycles. The summed E-state index contributed by atoms with van der Waals surface area (Å²) in [7, 11) is 0. The summed E-state index contributed by atoms with van der Waals surface area (Å²) < 4.78 is 17.0. The first-order valence-corrected chi connectivity index (χ1v) is 11.8. The standard InChI is InChI=1S/C23H23N3O3S2/c1-4-27-19-9-7-17(8-10-19)22-24-18(13-30-22)14-31-23-26-25-21(29-23)12-28-20-11-15(2)5-6-16(20)3/h5-11,13H,4,12,14H2,1-3H3. The van der Waals surface area contributed by atoms with Crippen LogP contribution >= 0.6 is 23.1 Å². The van der Waals surface area contributed by atoms with Gasteiger partial charge in [-0.25, -0.2) is 4.98 Å². The van der Waals surface area contributed by atoms with Crippen LogP contribution in [0.25, 0.3) is 10.6 Å². The highest BCUT2D eigenvalue weighted by atomic mass is 32.2. The van der Waals surface area contributed by atoms with Crippen LogP contribution < -0.4 is 9.47 Å². The minimum atomic E-state index is 0.246. The van der Waals surface area contributed by atoms with Gasteiger partial charge >= 0.3 is 0 Å². The Bertz CT molecular complexity index is 1140. The highest BCUT2D eigenvalue weighted by Crippen LogP contribution is 2.29. The quantitative estimate of drug-likeness (QED) is 0.284. The Morgan fingerprint density at radius 3 is 2.68 bits per heavy atom. The average molecular weight is 454 g/mol. The molecule has 0 saturated heterocycles. The highest BCUT2D eigenvalue weighted by molar-refractivity contribution is 7.98. The highest BCUT2D eigenvalue weighted by Gasteiger charge is 2.11. The van der Waals surface area contributed by atoms with Crippen molar-refractivity contribution >= 4 is 23.1 Å². The van der Waals surface area contributed by atoms with Gasteiger partial charge in [-0.15, -0.1) is 21.5 Å². The van der Waals surface area contributed by atoms with E-state index in [9.17, 15) is 0 Å². The Labute approximate surface area is 189 Å². The van der Waals surface area contributed by atoms with Gasteiger partial charge in [0, 0.05) is 16.7 Å². The van der Waals surface area contributed by atoms with E-state index in [0.717, 1.165) is 38.9 Å². The Hall–Kier alpha value is -2.84. The summed E-state index contributed by atoms with van der Waals surface area (Å²) in [6, 6.07) is 14.1. The number of ether oxygens (including phenoxy) is 2. The third-order valence-corrected chi connectivity index (χ3v) is 6.24. The maximum Gasteiger partial charge on any atom is 0.277 e. The largest absolute Gasteiger partial charge is 0.494 e. The first-order chi connectivity index (χ1) is 15.1. The maximum absolute atomic E-state index is 5.83. The predicted molar refractivity (Wildman–Crippen MR) is 123 cm³/mol. The second kappa shape index (κ2) is 9.98. The number of aryl methyl sites for hydroxylation is 2. The minimum Gasteiger partial charge on any atom is -0.494 e. The molecular formula is C23H23N3O3S2. The summed E-state index contributed by atoms with van der Waals surface area (Å²) in [4.78, 5) is 4.71. The molecule has 31 heavy (non-hydrogen) atoms. The molecule has 0 amide bonds. The lowest BCUT2D eigenvalue weighted by Gasteiger charge is -2.07. The molecular weight excluding hydrogens is 430 g/mol. The smallest absolute Gasteiger partial charge is 0.277 e. The van der Waals surface area contributed by atoms with Crippen molar-refractivity contribution in [2.24, 2.45) is 0 Å². The average Bonchev–Trinajstić information content (AvgIpc) is 3.43. The van der Waals surface area contributed by atoms with Crippen LogP contribution in [0.3, 0.4) is 0 Å². The molecule has 0 bridgehead atoms. The topological polar surface area (TPSA) is 70.3 Å². The fraction of sp³-hybridized carbons (Fsp3) is 0.261. The predicted octanol–water partition coefficient (Wildman–Crippen LogP) is 6.08. The number of hydrogen-bond acceptors (Lipinski definition) is 8. The van der Waals surface area contributed by atoms with E-state index in [1.54, 1.807) is 11.3 Å². The van der Waals surface area contributed by atoms with Gasteiger partial charge in [0.1, 0.15) is 16.5 Å². The van der Waals surface area contributed by atoms with E-state index in [4.69, 9.17) is 18.9 Å². The van der Waals surface area contributed by atoms with E-state index in [1.807, 2.05) is 57.2 Å². The Morgan fingerprint density at radius 2 is 1.87 bits per heavy atom. The van der Waals surface area contributed by atoms with Crippen LogP contribution in [-0.4, -0.2) is 21.8 Å². The van der Waals surface area contributed by atoms with Crippen molar-refractivity contribution in [1.82, 2.24) is 15.2 Å². The van der Waals surface area contributed by atoms with Crippen LogP contribution in [0.1, 0.15) is 29.6 Å². The third kappa shape index (κ3) is 5.65. The molecule has 2 heterocycles. The molecule has 2 aromatic carbocycles. The number of rotatable bonds is 9. The molecule has 0 aliphatic carbocycles. The molecule has 0 radical (unpaired) electrons. The van der Waals surface area contributed by atoms with Crippen molar-refractivity contribution in [3.05, 3.63) is 70.6 Å². The van der Waals surface area contributed by atoms with Crippen molar-refractivity contribution in [2.75, 3.05) is 6.61 Å². The van der Waals surface area contributed by atoms with Gasteiger partial charge in [0.25, 0.3) is 11.1 Å². The summed E-state index contributed by atoms with van der Waals surface area (Å²) >= 11 is 3.09. The van der Waals surface area contributed by atoms with Crippen LogP contribution in [0.4, 0.5) is 0 Å². The maximum atomic E-state index is 5.83. The van der Waals surface area contributed by atoms with Gasteiger partial charge in [-0.2, -0.15) is 0 Å². The minimum absolute atomic E-state index is 0.246. The van der Waals surface area contributed by atoms with Gasteiger partial charge in [-0.1, -0.05) is 23.9 Å². The second-order valence-corrected chi connectivity index (χ2v) is 8.69. The molecule has 0 aliphatic heterocycles. The van der Waals surface area contributed by atoms with Crippen LogP contribution in [0.2, 0.25) is 0 Å². The van der Waals surface area contributed by atoms with Crippen molar-refractivity contribution in [3.8, 4) is 22.1 Å². The molecule has 0 spiro atoms. The number of benzene rings is 2. The van der Waals surface area contributed by atoms with Gasteiger partial charge in [-0.3, -0.25) is 0 Å². The summed E-state index contributed by atoms with van der Waals surface area (Å²) in [6.45, 7) is 6.93. The molecule has 0 aliphatic rings. The fourth-order valence-corrected chi connectivity index (χ4v) is 4.46. The summed E-state index contributed by atoms with van der Waals surface area (Å²) in [5, 5.41) is 11.7. The van der Waals surface area contributed by atoms with Crippen molar-refractivity contribution in [1.29, 1.82) is 0 Å². The first-order valence-electron chi connectivity index (χ1n) is 9.93. The van der Waals surface area contributed by atoms with Gasteiger partial charge in [-0.05, 0) is 62.2 Å². The van der Waals surface area contributed by atoms with Crippen LogP contribution in [0.5, 0.6) is 11.5 Å². The van der Waals surface area contributed by atoms with E-state index < -0.39 is 0 Å². The first kappa shape index (κ1) is 21.4. The van der Waals surface area contributed by atoms with Gasteiger partial charge < -0.3 is 13.9 Å². The molecule has 6 nitrogen and oxygen atoms in total. The van der Waals surface area contributed by atoms with E-state index in [1.165, 1.54) is 11.8 Å². The summed E-state index contributed by atoms with van der Waals surface area (Å²) in [6.07, 6.45) is 0. The van der Waals surface area contributed by atoms with E-state index in [2.05, 4.69) is 21.6 Å². The van der Waals surface area contributed by atoms with Gasteiger partial charge in [0.2, 0.25) is 0 Å². The number of hydrogen-bond donors (Lipinski definition) is 0. The number of aromatic nitrogens is 3. The third-order valence-electron chi connectivity index (χ3n) is 4.45. The number of thiazole rings is 1. The zero-order valence-electron chi connectivity index (χ0n) is 17.6. The Morgan fingerprint density at radius 1 is 1.03 bits per heavy atom. The van der Waals surface area contributed by atoms with E-state index in [-0.39, 0.29) is 6.61 Å². The SMILES string of the molecule is CCOc1ccc(-c2nc(CSc3nnc(COc4cc(C)ccc4C)o3)cs2)cc1.